The van der Waals surface area contributed by atoms with Crippen LogP contribution < -0.4 is 10.6 Å². The number of nitrogens with one attached hydrogen (secondary N) is 2. The van der Waals surface area contributed by atoms with E-state index in [0.29, 0.717) is 0 Å². The lowest BCUT2D eigenvalue weighted by Crippen LogP contribution is -2.52. The molecule has 1 saturated carbocycles. The maximum Gasteiger partial charge on any atom is 0.318 e. The molecule has 7 nitrogen and oxygen atoms in total. The van der Waals surface area contributed by atoms with Gasteiger partial charge < -0.3 is 20.3 Å². The molecule has 4 rings (SSSR count). The third kappa shape index (κ3) is 6.01. The predicted octanol–water partition coefficient (Wildman–Crippen LogP) is 4.54. The van der Waals surface area contributed by atoms with Crippen LogP contribution >= 0.6 is 11.3 Å². The number of carbonyl (C=O) groups excluding carboxylic acids is 3. The standard InChI is InChI=1S/C26H32FN3O4S/c1-2-34-25(32)20-15-21(24(31)28-16-17-10-12-18(27)13-11-17)30(23(20)22-9-6-14-35-22)26(33)29-19-7-4-3-5-8-19/h6,9-14,19-21,23H,2-5,7-8,15-16H2,1H3,(H,28,31)(H,29,33). The number of hydrogen-bond acceptors (Lipinski definition) is 5. The summed E-state index contributed by atoms with van der Waals surface area (Å²) in [5.41, 5.74) is 0.743. The van der Waals surface area contributed by atoms with E-state index in [2.05, 4.69) is 10.6 Å². The second-order valence-corrected chi connectivity index (χ2v) is 10.1. The molecule has 2 aromatic rings. The Kier molecular flexibility index (Phi) is 8.38. The number of urea groups is 1. The molecule has 0 spiro atoms. The Labute approximate surface area is 209 Å². The van der Waals surface area contributed by atoms with Gasteiger partial charge in [0.05, 0.1) is 18.6 Å². The Morgan fingerprint density at radius 1 is 1.11 bits per heavy atom. The molecule has 1 aliphatic heterocycles. The fraction of sp³-hybridized carbons (Fsp3) is 0.500. The van der Waals surface area contributed by atoms with Crippen LogP contribution in [0.5, 0.6) is 0 Å². The molecule has 3 atom stereocenters. The molecule has 1 aromatic heterocycles. The smallest absolute Gasteiger partial charge is 0.318 e. The number of likely N-dealkylation sites (tertiary alicyclic amines) is 1. The Hall–Kier alpha value is -2.94. The van der Waals surface area contributed by atoms with E-state index in [1.54, 1.807) is 24.0 Å². The monoisotopic (exact) mass is 501 g/mol. The van der Waals surface area contributed by atoms with Crippen LogP contribution in [0.4, 0.5) is 9.18 Å². The highest BCUT2D eigenvalue weighted by Gasteiger charge is 2.51. The summed E-state index contributed by atoms with van der Waals surface area (Å²) >= 11 is 1.46. The summed E-state index contributed by atoms with van der Waals surface area (Å²) < 4.78 is 18.6. The summed E-state index contributed by atoms with van der Waals surface area (Å²) in [5.74, 6) is -1.75. The lowest BCUT2D eigenvalue weighted by atomic mass is 9.95. The van der Waals surface area contributed by atoms with Gasteiger partial charge in [-0.25, -0.2) is 9.18 Å². The first-order valence-electron chi connectivity index (χ1n) is 12.3. The fourth-order valence-electron chi connectivity index (χ4n) is 5.05. The summed E-state index contributed by atoms with van der Waals surface area (Å²) in [6.45, 7) is 2.16. The quantitative estimate of drug-likeness (QED) is 0.546. The van der Waals surface area contributed by atoms with Gasteiger partial charge in [0.1, 0.15) is 11.9 Å². The predicted molar refractivity (Wildman–Crippen MR) is 131 cm³/mol. The molecular formula is C26H32FN3O4S. The molecule has 2 aliphatic rings. The van der Waals surface area contributed by atoms with Crippen molar-refractivity contribution in [2.24, 2.45) is 5.92 Å². The zero-order chi connectivity index (χ0) is 24.8. The number of amides is 3. The van der Waals surface area contributed by atoms with Gasteiger partial charge in [0, 0.05) is 17.5 Å². The number of carbonyl (C=O) groups is 3. The van der Waals surface area contributed by atoms with Crippen LogP contribution in [0.15, 0.2) is 41.8 Å². The van der Waals surface area contributed by atoms with Crippen LogP contribution in [0.3, 0.4) is 0 Å². The third-order valence-electron chi connectivity index (χ3n) is 6.77. The number of hydrogen-bond donors (Lipinski definition) is 2. The summed E-state index contributed by atoms with van der Waals surface area (Å²) in [5, 5.41) is 7.90. The highest BCUT2D eigenvalue weighted by atomic mass is 32.1. The average Bonchev–Trinajstić information content (AvgIpc) is 3.52. The summed E-state index contributed by atoms with van der Waals surface area (Å²) in [6, 6.07) is 7.97. The molecule has 3 amide bonds. The summed E-state index contributed by atoms with van der Waals surface area (Å²) in [7, 11) is 0. The number of rotatable bonds is 7. The number of ether oxygens (including phenoxy) is 1. The largest absolute Gasteiger partial charge is 0.466 e. The number of esters is 1. The number of halogens is 1. The highest BCUT2D eigenvalue weighted by molar-refractivity contribution is 7.10. The van der Waals surface area contributed by atoms with Gasteiger partial charge in [0.15, 0.2) is 0 Å². The van der Waals surface area contributed by atoms with Crippen LogP contribution in [0.25, 0.3) is 0 Å². The molecule has 1 aliphatic carbocycles. The topological polar surface area (TPSA) is 87.7 Å². The second-order valence-electron chi connectivity index (χ2n) is 9.11. The molecule has 9 heteroatoms. The summed E-state index contributed by atoms with van der Waals surface area (Å²) in [4.78, 5) is 42.3. The van der Waals surface area contributed by atoms with E-state index in [-0.39, 0.29) is 43.4 Å². The van der Waals surface area contributed by atoms with Crippen molar-refractivity contribution in [1.82, 2.24) is 15.5 Å². The zero-order valence-electron chi connectivity index (χ0n) is 19.9. The van der Waals surface area contributed by atoms with E-state index in [1.165, 1.54) is 23.5 Å². The van der Waals surface area contributed by atoms with E-state index < -0.39 is 24.0 Å². The first-order valence-corrected chi connectivity index (χ1v) is 13.2. The number of benzene rings is 1. The van der Waals surface area contributed by atoms with Gasteiger partial charge in [0.25, 0.3) is 0 Å². The molecule has 188 valence electrons. The van der Waals surface area contributed by atoms with E-state index in [1.807, 2.05) is 17.5 Å². The van der Waals surface area contributed by atoms with Crippen molar-refractivity contribution in [2.45, 2.75) is 70.1 Å². The van der Waals surface area contributed by atoms with Crippen LogP contribution in [0, 0.1) is 11.7 Å². The maximum absolute atomic E-state index is 13.6. The molecule has 1 saturated heterocycles. The van der Waals surface area contributed by atoms with Gasteiger partial charge >= 0.3 is 12.0 Å². The van der Waals surface area contributed by atoms with Crippen molar-refractivity contribution >= 4 is 29.2 Å². The minimum Gasteiger partial charge on any atom is -0.466 e. The first-order chi connectivity index (χ1) is 17.0. The Bertz CT molecular complexity index is 1010. The van der Waals surface area contributed by atoms with Crippen molar-refractivity contribution in [3.05, 3.63) is 58.0 Å². The van der Waals surface area contributed by atoms with Crippen molar-refractivity contribution < 1.29 is 23.5 Å². The van der Waals surface area contributed by atoms with Crippen molar-refractivity contribution in [3.63, 3.8) is 0 Å². The molecule has 2 fully saturated rings. The number of thiophene rings is 1. The molecule has 3 unspecified atom stereocenters. The molecule has 2 heterocycles. The van der Waals surface area contributed by atoms with Gasteiger partial charge in [-0.05, 0) is 55.3 Å². The minimum atomic E-state index is -0.833. The molecule has 35 heavy (non-hydrogen) atoms. The lowest BCUT2D eigenvalue weighted by Gasteiger charge is -2.33. The second kappa shape index (κ2) is 11.7. The molecule has 0 radical (unpaired) electrons. The van der Waals surface area contributed by atoms with E-state index in [4.69, 9.17) is 4.74 Å². The van der Waals surface area contributed by atoms with Crippen molar-refractivity contribution in [1.29, 1.82) is 0 Å². The Morgan fingerprint density at radius 3 is 2.51 bits per heavy atom. The van der Waals surface area contributed by atoms with Gasteiger partial charge in [-0.2, -0.15) is 0 Å². The van der Waals surface area contributed by atoms with E-state index in [9.17, 15) is 18.8 Å². The van der Waals surface area contributed by atoms with Crippen LogP contribution in [-0.4, -0.2) is 41.5 Å². The Balaban J connectivity index is 1.59. The first kappa shape index (κ1) is 25.2. The minimum absolute atomic E-state index is 0.0600. The number of nitrogens with zero attached hydrogens (tertiary/aromatic N) is 1. The normalized spacial score (nSPS) is 22.6. The molecular weight excluding hydrogens is 469 g/mol. The maximum atomic E-state index is 13.6. The SMILES string of the molecule is CCOC(=O)C1CC(C(=O)NCc2ccc(F)cc2)N(C(=O)NC2CCCCC2)C1c1cccs1. The van der Waals surface area contributed by atoms with Gasteiger partial charge in [-0.1, -0.05) is 37.5 Å². The van der Waals surface area contributed by atoms with E-state index >= 15 is 0 Å². The van der Waals surface area contributed by atoms with Gasteiger partial charge in [-0.3, -0.25) is 9.59 Å². The van der Waals surface area contributed by atoms with Crippen LogP contribution in [0.1, 0.15) is 61.9 Å². The molecule has 0 bridgehead atoms. The van der Waals surface area contributed by atoms with Crippen LogP contribution in [-0.2, 0) is 20.9 Å². The highest BCUT2D eigenvalue weighted by Crippen LogP contribution is 2.43. The third-order valence-corrected chi connectivity index (χ3v) is 7.71. The molecule has 1 aromatic carbocycles. The van der Waals surface area contributed by atoms with Gasteiger partial charge in [-0.15, -0.1) is 11.3 Å². The summed E-state index contributed by atoms with van der Waals surface area (Å²) in [6.07, 6.45) is 5.28. The fourth-order valence-corrected chi connectivity index (χ4v) is 5.94. The lowest BCUT2D eigenvalue weighted by molar-refractivity contribution is -0.148. The van der Waals surface area contributed by atoms with Gasteiger partial charge in [0.2, 0.25) is 5.91 Å². The van der Waals surface area contributed by atoms with E-state index in [0.717, 1.165) is 42.5 Å². The zero-order valence-corrected chi connectivity index (χ0v) is 20.7. The van der Waals surface area contributed by atoms with Crippen molar-refractivity contribution in [3.8, 4) is 0 Å². The van der Waals surface area contributed by atoms with Crippen molar-refractivity contribution in [2.75, 3.05) is 6.61 Å². The molecule has 2 N–H and O–H groups in total. The Morgan fingerprint density at radius 2 is 1.86 bits per heavy atom. The average molecular weight is 502 g/mol. The van der Waals surface area contributed by atoms with Crippen LogP contribution in [0.2, 0.25) is 0 Å².